The number of thiazole rings is 1. The molecule has 1 aliphatic heterocycles. The number of fused-ring (bicyclic) bond motifs is 1. The van der Waals surface area contributed by atoms with Gasteiger partial charge < -0.3 is 19.4 Å². The van der Waals surface area contributed by atoms with Gasteiger partial charge in [-0.05, 0) is 50.1 Å². The number of aromatic nitrogens is 3. The van der Waals surface area contributed by atoms with Gasteiger partial charge in [-0.3, -0.25) is 4.79 Å². The van der Waals surface area contributed by atoms with E-state index in [1.165, 1.54) is 24.2 Å². The van der Waals surface area contributed by atoms with Crippen molar-refractivity contribution in [3.63, 3.8) is 0 Å². The van der Waals surface area contributed by atoms with Crippen LogP contribution >= 0.6 is 11.3 Å². The number of methoxy groups -OCH3 is 2. The van der Waals surface area contributed by atoms with Crippen molar-refractivity contribution in [3.05, 3.63) is 65.1 Å². The fraction of sp³-hybridized carbons (Fsp3) is 0.269. The number of imidazole rings is 1. The predicted molar refractivity (Wildman–Crippen MR) is 134 cm³/mol. The average Bonchev–Trinajstić information content (AvgIpc) is 3.47. The van der Waals surface area contributed by atoms with Gasteiger partial charge in [0.1, 0.15) is 15.7 Å². The quantitative estimate of drug-likeness (QED) is 0.394. The number of aryl methyl sites for hydroxylation is 3. The van der Waals surface area contributed by atoms with Crippen molar-refractivity contribution in [1.82, 2.24) is 14.5 Å². The van der Waals surface area contributed by atoms with Crippen LogP contribution in [0.5, 0.6) is 11.5 Å². The van der Waals surface area contributed by atoms with E-state index in [0.29, 0.717) is 22.1 Å². The molecule has 4 aromatic rings. The van der Waals surface area contributed by atoms with Crippen molar-refractivity contribution in [2.24, 2.45) is 0 Å². The molecule has 0 bridgehead atoms. The smallest absolute Gasteiger partial charge is 0.267 e. The van der Waals surface area contributed by atoms with E-state index in [1.54, 1.807) is 14.2 Å². The van der Waals surface area contributed by atoms with Crippen LogP contribution in [-0.2, 0) is 13.0 Å². The topological polar surface area (TPSA) is 78.3 Å². The average molecular weight is 475 g/mol. The molecule has 0 saturated carbocycles. The van der Waals surface area contributed by atoms with Crippen molar-refractivity contribution in [1.29, 1.82) is 0 Å². The van der Waals surface area contributed by atoms with Gasteiger partial charge in [-0.2, -0.15) is 0 Å². The first-order chi connectivity index (χ1) is 16.6. The van der Waals surface area contributed by atoms with Crippen molar-refractivity contribution < 1.29 is 14.3 Å². The number of rotatable bonds is 6. The van der Waals surface area contributed by atoms with Crippen molar-refractivity contribution >= 4 is 22.9 Å². The van der Waals surface area contributed by atoms with Crippen LogP contribution in [-0.4, -0.2) is 34.7 Å². The van der Waals surface area contributed by atoms with Crippen LogP contribution in [0.15, 0.2) is 48.7 Å². The van der Waals surface area contributed by atoms with Crippen molar-refractivity contribution in [2.75, 3.05) is 19.5 Å². The second-order valence-electron chi connectivity index (χ2n) is 8.23. The molecule has 0 fully saturated rings. The molecule has 1 aliphatic rings. The van der Waals surface area contributed by atoms with E-state index in [1.807, 2.05) is 49.4 Å². The van der Waals surface area contributed by atoms with E-state index in [9.17, 15) is 4.79 Å². The molecule has 1 N–H and O–H groups in total. The summed E-state index contributed by atoms with van der Waals surface area (Å²) in [6.45, 7) is 2.88. The summed E-state index contributed by atoms with van der Waals surface area (Å²) < 4.78 is 12.9. The van der Waals surface area contributed by atoms with Gasteiger partial charge in [0.2, 0.25) is 0 Å². The second kappa shape index (κ2) is 9.30. The summed E-state index contributed by atoms with van der Waals surface area (Å²) in [5, 5.41) is 3.75. The zero-order chi connectivity index (χ0) is 23.7. The molecule has 8 heteroatoms. The van der Waals surface area contributed by atoms with Crippen molar-refractivity contribution in [3.8, 4) is 33.3 Å². The Balaban J connectivity index is 1.32. The fourth-order valence-electron chi connectivity index (χ4n) is 4.16. The third kappa shape index (κ3) is 4.28. The van der Waals surface area contributed by atoms with Gasteiger partial charge in [0.15, 0.2) is 11.5 Å². The van der Waals surface area contributed by atoms with E-state index in [0.717, 1.165) is 46.3 Å². The van der Waals surface area contributed by atoms with Crippen LogP contribution in [0.1, 0.15) is 34.0 Å². The van der Waals surface area contributed by atoms with Gasteiger partial charge in [-0.15, -0.1) is 11.3 Å². The lowest BCUT2D eigenvalue weighted by atomic mass is 10.1. The highest BCUT2D eigenvalue weighted by Crippen LogP contribution is 2.35. The maximum atomic E-state index is 13.0. The lowest BCUT2D eigenvalue weighted by molar-refractivity contribution is 0.103. The van der Waals surface area contributed by atoms with E-state index in [4.69, 9.17) is 14.5 Å². The molecule has 0 radical (unpaired) electrons. The molecule has 0 atom stereocenters. The first-order valence-corrected chi connectivity index (χ1v) is 12.0. The number of benzene rings is 2. The van der Waals surface area contributed by atoms with E-state index in [-0.39, 0.29) is 5.91 Å². The number of hydrogen-bond acceptors (Lipinski definition) is 6. The lowest BCUT2D eigenvalue weighted by Gasteiger charge is -2.11. The molecule has 0 spiro atoms. The standard InChI is InChI=1S/C26H26N4O3S/c1-16-24(34-26(27-16)18-9-12-21(32-2)22(14-18)33-3)25(31)28-19-10-7-17(8-11-19)20-15-30-13-5-4-6-23(30)29-20/h7-12,14-15H,4-6,13H2,1-3H3,(H,28,31). The Labute approximate surface area is 202 Å². The molecule has 2 aromatic heterocycles. The van der Waals surface area contributed by atoms with Gasteiger partial charge in [0.25, 0.3) is 5.91 Å². The Bertz CT molecular complexity index is 1320. The highest BCUT2D eigenvalue weighted by Gasteiger charge is 2.18. The highest BCUT2D eigenvalue weighted by atomic mass is 32.1. The Morgan fingerprint density at radius 1 is 1.00 bits per heavy atom. The number of carbonyl (C=O) groups excluding carboxylic acids is 1. The molecule has 0 saturated heterocycles. The van der Waals surface area contributed by atoms with Crippen LogP contribution < -0.4 is 14.8 Å². The molecule has 1 amide bonds. The van der Waals surface area contributed by atoms with Crippen LogP contribution in [0.3, 0.4) is 0 Å². The maximum absolute atomic E-state index is 13.0. The molecule has 0 unspecified atom stereocenters. The number of carbonyl (C=O) groups is 1. The maximum Gasteiger partial charge on any atom is 0.267 e. The van der Waals surface area contributed by atoms with Gasteiger partial charge in [-0.1, -0.05) is 12.1 Å². The highest BCUT2D eigenvalue weighted by molar-refractivity contribution is 7.17. The SMILES string of the molecule is COc1ccc(-c2nc(C)c(C(=O)Nc3ccc(-c4cn5c(n4)CCCC5)cc3)s2)cc1OC. The van der Waals surface area contributed by atoms with Crippen LogP contribution in [0.25, 0.3) is 21.8 Å². The number of nitrogens with zero attached hydrogens (tertiary/aromatic N) is 3. The summed E-state index contributed by atoms with van der Waals surface area (Å²) >= 11 is 1.36. The minimum atomic E-state index is -0.174. The van der Waals surface area contributed by atoms with E-state index in [2.05, 4.69) is 21.1 Å². The van der Waals surface area contributed by atoms with Crippen molar-refractivity contribution in [2.45, 2.75) is 32.7 Å². The fourth-order valence-corrected chi connectivity index (χ4v) is 5.12. The second-order valence-corrected chi connectivity index (χ2v) is 9.23. The zero-order valence-electron chi connectivity index (χ0n) is 19.4. The minimum absolute atomic E-state index is 0.174. The van der Waals surface area contributed by atoms with E-state index >= 15 is 0 Å². The summed E-state index contributed by atoms with van der Waals surface area (Å²) in [5.41, 5.74) is 4.32. The third-order valence-corrected chi connectivity index (χ3v) is 7.19. The molecular formula is C26H26N4O3S. The van der Waals surface area contributed by atoms with Gasteiger partial charge in [0, 0.05) is 36.0 Å². The van der Waals surface area contributed by atoms with Crippen LogP contribution in [0.2, 0.25) is 0 Å². The number of nitrogens with one attached hydrogen (secondary N) is 1. The molecular weight excluding hydrogens is 448 g/mol. The van der Waals surface area contributed by atoms with E-state index < -0.39 is 0 Å². The van der Waals surface area contributed by atoms with Crippen LogP contribution in [0.4, 0.5) is 5.69 Å². The summed E-state index contributed by atoms with van der Waals surface area (Å²) in [5.74, 6) is 2.26. The Morgan fingerprint density at radius 2 is 1.76 bits per heavy atom. The Hall–Kier alpha value is -3.65. The lowest BCUT2D eigenvalue weighted by Crippen LogP contribution is -2.11. The normalized spacial score (nSPS) is 12.8. The van der Waals surface area contributed by atoms with Gasteiger partial charge in [0.05, 0.1) is 25.6 Å². The molecule has 174 valence electrons. The molecule has 3 heterocycles. The Morgan fingerprint density at radius 3 is 2.50 bits per heavy atom. The molecule has 34 heavy (non-hydrogen) atoms. The number of hydrogen-bond donors (Lipinski definition) is 1. The largest absolute Gasteiger partial charge is 0.493 e. The molecule has 7 nitrogen and oxygen atoms in total. The molecule has 5 rings (SSSR count). The zero-order valence-corrected chi connectivity index (χ0v) is 20.2. The minimum Gasteiger partial charge on any atom is -0.493 e. The number of ether oxygens (including phenoxy) is 2. The molecule has 2 aromatic carbocycles. The predicted octanol–water partition coefficient (Wildman–Crippen LogP) is 5.59. The van der Waals surface area contributed by atoms with Crippen LogP contribution in [0, 0.1) is 6.92 Å². The first-order valence-electron chi connectivity index (χ1n) is 11.2. The van der Waals surface area contributed by atoms with Gasteiger partial charge in [-0.25, -0.2) is 9.97 Å². The van der Waals surface area contributed by atoms with Gasteiger partial charge >= 0.3 is 0 Å². The summed E-state index contributed by atoms with van der Waals surface area (Å²) in [4.78, 5) is 23.0. The summed E-state index contributed by atoms with van der Waals surface area (Å²) in [7, 11) is 3.20. The number of amides is 1. The monoisotopic (exact) mass is 474 g/mol. The number of anilines is 1. The summed E-state index contributed by atoms with van der Waals surface area (Å²) in [6, 6.07) is 13.4. The third-order valence-electron chi connectivity index (χ3n) is 5.98. The molecule has 0 aliphatic carbocycles. The first kappa shape index (κ1) is 22.2. The summed E-state index contributed by atoms with van der Waals surface area (Å²) in [6.07, 6.45) is 5.57. The Kier molecular flexibility index (Phi) is 6.06.